The average molecular weight is 264 g/mol. The first kappa shape index (κ1) is 13.1. The van der Waals surface area contributed by atoms with Crippen molar-refractivity contribution in [3.05, 3.63) is 35.4 Å². The normalized spacial score (nSPS) is 17.9. The van der Waals surface area contributed by atoms with E-state index in [0.717, 1.165) is 10.5 Å². The zero-order chi connectivity index (χ0) is 13.3. The van der Waals surface area contributed by atoms with Crippen molar-refractivity contribution in [1.29, 1.82) is 0 Å². The summed E-state index contributed by atoms with van der Waals surface area (Å²) in [5, 5.41) is 1.73. The zero-order valence-corrected chi connectivity index (χ0v) is 11.5. The minimum Gasteiger partial charge on any atom is -0.456 e. The van der Waals surface area contributed by atoms with Gasteiger partial charge in [-0.15, -0.1) is 0 Å². The molecule has 0 spiro atoms. The van der Waals surface area contributed by atoms with E-state index in [2.05, 4.69) is 0 Å². The van der Waals surface area contributed by atoms with Crippen LogP contribution in [0.3, 0.4) is 0 Å². The SMILES string of the molecule is CC(C)(C)OC(=O)c1ccc2c(c1)C=CC=S2O. The lowest BCUT2D eigenvalue weighted by atomic mass is 10.1. The molecule has 1 aliphatic heterocycles. The van der Waals surface area contributed by atoms with Crippen LogP contribution in [0.15, 0.2) is 29.2 Å². The second-order valence-electron chi connectivity index (χ2n) is 5.06. The molecule has 0 aliphatic carbocycles. The van der Waals surface area contributed by atoms with Gasteiger partial charge in [0, 0.05) is 4.90 Å². The number of carbonyl (C=O) groups excluding carboxylic acids is 1. The summed E-state index contributed by atoms with van der Waals surface area (Å²) in [6, 6.07) is 5.22. The monoisotopic (exact) mass is 264 g/mol. The van der Waals surface area contributed by atoms with Crippen LogP contribution < -0.4 is 0 Å². The quantitative estimate of drug-likeness (QED) is 0.623. The third kappa shape index (κ3) is 2.89. The van der Waals surface area contributed by atoms with Gasteiger partial charge in [-0.1, -0.05) is 12.2 Å². The van der Waals surface area contributed by atoms with Crippen LogP contribution in [-0.2, 0) is 4.74 Å². The summed E-state index contributed by atoms with van der Waals surface area (Å²) in [7, 11) is -0.870. The van der Waals surface area contributed by atoms with Gasteiger partial charge >= 0.3 is 5.97 Å². The molecule has 1 unspecified atom stereocenters. The number of fused-ring (bicyclic) bond motifs is 1. The molecule has 4 heteroatoms. The van der Waals surface area contributed by atoms with E-state index in [4.69, 9.17) is 4.74 Å². The summed E-state index contributed by atoms with van der Waals surface area (Å²) in [4.78, 5) is 12.8. The lowest BCUT2D eigenvalue weighted by Crippen LogP contribution is -2.23. The lowest BCUT2D eigenvalue weighted by molar-refractivity contribution is 0.00694. The van der Waals surface area contributed by atoms with E-state index in [1.807, 2.05) is 26.8 Å². The molecule has 0 saturated carbocycles. The molecule has 18 heavy (non-hydrogen) atoms. The number of benzene rings is 1. The highest BCUT2D eigenvalue weighted by Crippen LogP contribution is 2.31. The third-order valence-electron chi connectivity index (χ3n) is 2.35. The van der Waals surface area contributed by atoms with Crippen LogP contribution in [0.5, 0.6) is 0 Å². The van der Waals surface area contributed by atoms with Crippen molar-refractivity contribution >= 4 is 28.2 Å². The standard InChI is InChI=1S/C14H16O3S/c1-14(2,3)17-13(15)11-6-7-12-10(9-11)5-4-8-18(12)16/h4-9,16H,1-3H3. The summed E-state index contributed by atoms with van der Waals surface area (Å²) in [6.45, 7) is 5.51. The first-order valence-electron chi connectivity index (χ1n) is 5.68. The molecule has 1 aliphatic rings. The second kappa shape index (κ2) is 4.71. The summed E-state index contributed by atoms with van der Waals surface area (Å²) in [6.07, 6.45) is 3.67. The average Bonchev–Trinajstić information content (AvgIpc) is 2.26. The largest absolute Gasteiger partial charge is 0.456 e. The third-order valence-corrected chi connectivity index (χ3v) is 3.59. The highest BCUT2D eigenvalue weighted by Gasteiger charge is 2.19. The molecule has 0 radical (unpaired) electrons. The number of esters is 1. The maximum Gasteiger partial charge on any atom is 0.338 e. The van der Waals surface area contributed by atoms with Crippen LogP contribution in [0.1, 0.15) is 36.7 Å². The van der Waals surface area contributed by atoms with Crippen molar-refractivity contribution in [3.8, 4) is 0 Å². The van der Waals surface area contributed by atoms with Crippen molar-refractivity contribution in [2.24, 2.45) is 0 Å². The fourth-order valence-corrected chi connectivity index (χ4v) is 2.57. The van der Waals surface area contributed by atoms with Gasteiger partial charge in [0.2, 0.25) is 0 Å². The maximum absolute atomic E-state index is 11.9. The Kier molecular flexibility index (Phi) is 3.41. The highest BCUT2D eigenvalue weighted by molar-refractivity contribution is 8.10. The Balaban J connectivity index is 2.30. The number of hydrogen-bond acceptors (Lipinski definition) is 3. The van der Waals surface area contributed by atoms with E-state index >= 15 is 0 Å². The molecule has 0 amide bonds. The van der Waals surface area contributed by atoms with Crippen LogP contribution in [-0.4, -0.2) is 21.5 Å². The van der Waals surface area contributed by atoms with Gasteiger partial charge in [-0.3, -0.25) is 0 Å². The van der Waals surface area contributed by atoms with Crippen molar-refractivity contribution in [2.75, 3.05) is 0 Å². The Morgan fingerprint density at radius 3 is 2.72 bits per heavy atom. The summed E-state index contributed by atoms with van der Waals surface area (Å²) in [5.41, 5.74) is 0.872. The van der Waals surface area contributed by atoms with Gasteiger partial charge in [0.15, 0.2) is 0 Å². The molecule has 0 fully saturated rings. The molecule has 0 saturated heterocycles. The van der Waals surface area contributed by atoms with Crippen LogP contribution >= 0.6 is 10.8 Å². The lowest BCUT2D eigenvalue weighted by Gasteiger charge is -2.20. The first-order valence-corrected chi connectivity index (χ1v) is 6.92. The Labute approximate surface area is 109 Å². The van der Waals surface area contributed by atoms with Gasteiger partial charge in [-0.2, -0.15) is 0 Å². The molecule has 0 aromatic heterocycles. The molecule has 1 aromatic rings. The number of carbonyl (C=O) groups is 1. The minimum atomic E-state index is -0.870. The topological polar surface area (TPSA) is 46.5 Å². The molecule has 1 N–H and O–H groups in total. The molecule has 2 rings (SSSR count). The van der Waals surface area contributed by atoms with E-state index in [1.54, 1.807) is 29.6 Å². The van der Waals surface area contributed by atoms with Crippen molar-refractivity contribution in [1.82, 2.24) is 0 Å². The Morgan fingerprint density at radius 2 is 2.06 bits per heavy atom. The van der Waals surface area contributed by atoms with E-state index in [0.29, 0.717) is 5.56 Å². The van der Waals surface area contributed by atoms with Gasteiger partial charge in [0.25, 0.3) is 0 Å². The first-order chi connectivity index (χ1) is 8.37. The van der Waals surface area contributed by atoms with Crippen LogP contribution in [0.4, 0.5) is 0 Å². The smallest absolute Gasteiger partial charge is 0.338 e. The van der Waals surface area contributed by atoms with E-state index in [1.165, 1.54) is 0 Å². The van der Waals surface area contributed by atoms with Gasteiger partial charge in [-0.25, -0.2) is 4.79 Å². The summed E-state index contributed by atoms with van der Waals surface area (Å²) >= 11 is 0. The van der Waals surface area contributed by atoms with Crippen LogP contribution in [0.25, 0.3) is 6.08 Å². The number of hydrogen-bond donors (Lipinski definition) is 1. The fourth-order valence-electron chi connectivity index (χ4n) is 1.62. The van der Waals surface area contributed by atoms with E-state index < -0.39 is 16.4 Å². The molecule has 0 bridgehead atoms. The molecule has 96 valence electrons. The molecule has 3 nitrogen and oxygen atoms in total. The molecular formula is C14H16O3S. The molecule has 1 aromatic carbocycles. The summed E-state index contributed by atoms with van der Waals surface area (Å²) < 4.78 is 15.1. The molecular weight excluding hydrogens is 248 g/mol. The zero-order valence-electron chi connectivity index (χ0n) is 10.6. The van der Waals surface area contributed by atoms with Crippen LogP contribution in [0, 0.1) is 0 Å². The number of ether oxygens (including phenoxy) is 1. The Morgan fingerprint density at radius 1 is 1.33 bits per heavy atom. The van der Waals surface area contributed by atoms with Crippen molar-refractivity contribution in [2.45, 2.75) is 31.3 Å². The predicted molar refractivity (Wildman–Crippen MR) is 75.2 cm³/mol. The van der Waals surface area contributed by atoms with Crippen molar-refractivity contribution < 1.29 is 14.1 Å². The minimum absolute atomic E-state index is 0.342. The predicted octanol–water partition coefficient (Wildman–Crippen LogP) is 3.57. The number of rotatable bonds is 1. The van der Waals surface area contributed by atoms with E-state index in [9.17, 15) is 9.35 Å². The van der Waals surface area contributed by atoms with Gasteiger partial charge in [0.1, 0.15) is 5.60 Å². The van der Waals surface area contributed by atoms with Gasteiger partial charge < -0.3 is 9.29 Å². The van der Waals surface area contributed by atoms with Crippen molar-refractivity contribution in [3.63, 3.8) is 0 Å². The van der Waals surface area contributed by atoms with Gasteiger partial charge in [-0.05, 0) is 60.7 Å². The Hall–Kier alpha value is -1.39. The maximum atomic E-state index is 11.9. The van der Waals surface area contributed by atoms with Gasteiger partial charge in [0.05, 0.1) is 5.56 Å². The number of allylic oxidation sites excluding steroid dienone is 1. The van der Waals surface area contributed by atoms with E-state index in [-0.39, 0.29) is 5.97 Å². The summed E-state index contributed by atoms with van der Waals surface area (Å²) in [5.74, 6) is -0.342. The highest BCUT2D eigenvalue weighted by atomic mass is 32.2. The molecule has 1 heterocycles. The van der Waals surface area contributed by atoms with Crippen LogP contribution in [0.2, 0.25) is 0 Å². The Bertz CT molecular complexity index is 551. The molecule has 1 atom stereocenters. The second-order valence-corrected chi connectivity index (χ2v) is 6.41. The fraction of sp³-hybridized carbons (Fsp3) is 0.286.